The molecule has 2 saturated heterocycles. The van der Waals surface area contributed by atoms with Crippen LogP contribution >= 0.6 is 0 Å². The number of aliphatic carboxylic acids is 1. The van der Waals surface area contributed by atoms with Crippen molar-refractivity contribution in [3.05, 3.63) is 0 Å². The monoisotopic (exact) mass is 286 g/mol. The van der Waals surface area contributed by atoms with Crippen LogP contribution in [-0.4, -0.2) is 79.5 Å². The molecule has 0 aromatic heterocycles. The van der Waals surface area contributed by atoms with Crippen molar-refractivity contribution in [2.45, 2.75) is 25.0 Å². The predicted molar refractivity (Wildman–Crippen MR) is 70.5 cm³/mol. The maximum atomic E-state index is 12.4. The maximum Gasteiger partial charge on any atom is 0.320 e. The zero-order chi connectivity index (χ0) is 14.7. The third-order valence-electron chi connectivity index (χ3n) is 4.13. The van der Waals surface area contributed by atoms with Crippen LogP contribution < -0.4 is 0 Å². The Morgan fingerprint density at radius 3 is 2.15 bits per heavy atom. The Morgan fingerprint density at radius 2 is 1.65 bits per heavy atom. The summed E-state index contributed by atoms with van der Waals surface area (Å²) in [6, 6.07) is -0.113. The van der Waals surface area contributed by atoms with E-state index in [9.17, 15) is 9.59 Å². The van der Waals surface area contributed by atoms with Gasteiger partial charge in [0, 0.05) is 27.3 Å². The van der Waals surface area contributed by atoms with E-state index in [0.717, 1.165) is 6.42 Å². The number of carbonyl (C=O) groups excluding carboxylic acids is 1. The van der Waals surface area contributed by atoms with E-state index in [0.29, 0.717) is 32.6 Å². The summed E-state index contributed by atoms with van der Waals surface area (Å²) in [6.45, 7) is 1.89. The summed E-state index contributed by atoms with van der Waals surface area (Å²) in [5.41, 5.74) is 0. The van der Waals surface area contributed by atoms with Gasteiger partial charge in [0.25, 0.3) is 0 Å². The van der Waals surface area contributed by atoms with Crippen molar-refractivity contribution in [2.75, 3.05) is 40.4 Å². The van der Waals surface area contributed by atoms with Crippen LogP contribution in [0.25, 0.3) is 0 Å². The van der Waals surface area contributed by atoms with Crippen LogP contribution in [0.5, 0.6) is 0 Å². The summed E-state index contributed by atoms with van der Waals surface area (Å²) in [5, 5.41) is 9.07. The van der Waals surface area contributed by atoms with Crippen LogP contribution in [0.2, 0.25) is 0 Å². The van der Waals surface area contributed by atoms with Gasteiger partial charge in [-0.05, 0) is 12.8 Å². The molecular formula is C13H22N2O5. The third-order valence-corrected chi connectivity index (χ3v) is 4.13. The van der Waals surface area contributed by atoms with Gasteiger partial charge in [0.2, 0.25) is 0 Å². The van der Waals surface area contributed by atoms with Gasteiger partial charge in [-0.25, -0.2) is 4.79 Å². The number of urea groups is 1. The first kappa shape index (κ1) is 15.1. The average Bonchev–Trinajstić information content (AvgIpc) is 2.89. The lowest BCUT2D eigenvalue weighted by Crippen LogP contribution is -2.48. The van der Waals surface area contributed by atoms with Gasteiger partial charge in [0.1, 0.15) is 12.2 Å². The molecule has 2 aliphatic rings. The van der Waals surface area contributed by atoms with Crippen molar-refractivity contribution in [3.63, 3.8) is 0 Å². The second-order valence-electron chi connectivity index (χ2n) is 5.36. The number of hydrogen-bond acceptors (Lipinski definition) is 4. The van der Waals surface area contributed by atoms with Gasteiger partial charge in [-0.2, -0.15) is 0 Å². The van der Waals surface area contributed by atoms with E-state index in [1.807, 2.05) is 0 Å². The molecule has 0 radical (unpaired) electrons. The molecule has 7 heteroatoms. The molecule has 2 rings (SSSR count). The number of hydrogen-bond donors (Lipinski definition) is 1. The highest BCUT2D eigenvalue weighted by molar-refractivity contribution is 5.77. The topological polar surface area (TPSA) is 79.3 Å². The number of carbonyl (C=O) groups is 2. The molecule has 3 atom stereocenters. The normalized spacial score (nSPS) is 30.6. The Morgan fingerprint density at radius 1 is 1.05 bits per heavy atom. The average molecular weight is 286 g/mol. The second-order valence-corrected chi connectivity index (χ2v) is 5.36. The highest BCUT2D eigenvalue weighted by atomic mass is 16.5. The van der Waals surface area contributed by atoms with E-state index >= 15 is 0 Å². The number of amides is 2. The number of nitrogens with zero attached hydrogens (tertiary/aromatic N) is 2. The quantitative estimate of drug-likeness (QED) is 0.804. The summed E-state index contributed by atoms with van der Waals surface area (Å²) < 4.78 is 10.6. The van der Waals surface area contributed by atoms with Crippen LogP contribution in [0, 0.1) is 5.92 Å². The van der Waals surface area contributed by atoms with Crippen molar-refractivity contribution >= 4 is 12.0 Å². The van der Waals surface area contributed by atoms with Gasteiger partial charge in [0.15, 0.2) is 0 Å². The lowest BCUT2D eigenvalue weighted by molar-refractivity contribution is -0.143. The van der Waals surface area contributed by atoms with Crippen molar-refractivity contribution < 1.29 is 24.2 Å². The molecule has 0 aliphatic carbocycles. The molecule has 1 N–H and O–H groups in total. The van der Waals surface area contributed by atoms with E-state index in [1.54, 1.807) is 24.0 Å². The van der Waals surface area contributed by atoms with Gasteiger partial charge >= 0.3 is 12.0 Å². The minimum atomic E-state index is -0.826. The molecule has 7 nitrogen and oxygen atoms in total. The summed E-state index contributed by atoms with van der Waals surface area (Å²) >= 11 is 0. The summed E-state index contributed by atoms with van der Waals surface area (Å²) in [7, 11) is 3.21. The molecule has 20 heavy (non-hydrogen) atoms. The van der Waals surface area contributed by atoms with E-state index in [1.165, 1.54) is 0 Å². The van der Waals surface area contributed by atoms with Gasteiger partial charge in [0.05, 0.1) is 19.0 Å². The van der Waals surface area contributed by atoms with Crippen molar-refractivity contribution in [3.8, 4) is 0 Å². The number of carboxylic acid groups (broad SMARTS) is 1. The molecule has 3 unspecified atom stereocenters. The van der Waals surface area contributed by atoms with E-state index in [4.69, 9.17) is 14.6 Å². The van der Waals surface area contributed by atoms with Crippen LogP contribution in [0.4, 0.5) is 4.79 Å². The number of carboxylic acids is 1. The van der Waals surface area contributed by atoms with Crippen molar-refractivity contribution in [1.29, 1.82) is 0 Å². The first-order chi connectivity index (χ1) is 9.56. The molecule has 0 spiro atoms. The largest absolute Gasteiger partial charge is 0.481 e. The van der Waals surface area contributed by atoms with E-state index < -0.39 is 11.9 Å². The molecule has 0 aromatic rings. The molecule has 114 valence electrons. The van der Waals surface area contributed by atoms with E-state index in [2.05, 4.69) is 0 Å². The second kappa shape index (κ2) is 6.41. The SMILES string of the molecule is COC1CN(C(=O)N2CCCC(C(=O)O)C2)CC1OC. The van der Waals surface area contributed by atoms with E-state index in [-0.39, 0.29) is 18.2 Å². The molecule has 0 bridgehead atoms. The van der Waals surface area contributed by atoms with Crippen LogP contribution in [0.15, 0.2) is 0 Å². The van der Waals surface area contributed by atoms with Gasteiger partial charge in [-0.15, -0.1) is 0 Å². The standard InChI is InChI=1S/C13H22N2O5/c1-19-10-7-15(8-11(10)20-2)13(18)14-5-3-4-9(6-14)12(16)17/h9-11H,3-8H2,1-2H3,(H,16,17). The lowest BCUT2D eigenvalue weighted by atomic mass is 9.99. The summed E-state index contributed by atoms with van der Waals surface area (Å²) in [4.78, 5) is 26.8. The van der Waals surface area contributed by atoms with Crippen LogP contribution in [0.1, 0.15) is 12.8 Å². The number of rotatable bonds is 3. The number of piperidine rings is 1. The predicted octanol–water partition coefficient (Wildman–Crippen LogP) is 0.249. The van der Waals surface area contributed by atoms with Crippen molar-refractivity contribution in [2.24, 2.45) is 5.92 Å². The van der Waals surface area contributed by atoms with Crippen LogP contribution in [-0.2, 0) is 14.3 Å². The van der Waals surface area contributed by atoms with Gasteiger partial charge in [-0.1, -0.05) is 0 Å². The highest BCUT2D eigenvalue weighted by Crippen LogP contribution is 2.21. The van der Waals surface area contributed by atoms with Gasteiger partial charge < -0.3 is 24.4 Å². The first-order valence-electron chi connectivity index (χ1n) is 6.89. The van der Waals surface area contributed by atoms with Gasteiger partial charge in [-0.3, -0.25) is 4.79 Å². The molecule has 0 aromatic carbocycles. The zero-order valence-corrected chi connectivity index (χ0v) is 11.9. The summed E-state index contributed by atoms with van der Waals surface area (Å²) in [5.74, 6) is -1.28. The minimum absolute atomic E-state index is 0.113. The Balaban J connectivity index is 1.96. The maximum absolute atomic E-state index is 12.4. The number of ether oxygens (including phenoxy) is 2. The zero-order valence-electron chi connectivity index (χ0n) is 11.9. The Bertz CT molecular complexity index is 364. The summed E-state index contributed by atoms with van der Waals surface area (Å²) in [6.07, 6.45) is 1.13. The molecule has 2 fully saturated rings. The molecule has 2 aliphatic heterocycles. The van der Waals surface area contributed by atoms with Crippen molar-refractivity contribution in [1.82, 2.24) is 9.80 Å². The third kappa shape index (κ3) is 3.04. The lowest BCUT2D eigenvalue weighted by Gasteiger charge is -2.33. The Kier molecular flexibility index (Phi) is 4.82. The highest BCUT2D eigenvalue weighted by Gasteiger charge is 2.38. The molecular weight excluding hydrogens is 264 g/mol. The number of methoxy groups -OCH3 is 2. The molecule has 2 amide bonds. The fourth-order valence-electron chi connectivity index (χ4n) is 2.91. The van der Waals surface area contributed by atoms with Crippen LogP contribution in [0.3, 0.4) is 0 Å². The first-order valence-corrected chi connectivity index (χ1v) is 6.89. The fraction of sp³-hybridized carbons (Fsp3) is 0.846. The number of likely N-dealkylation sites (tertiary alicyclic amines) is 2. The smallest absolute Gasteiger partial charge is 0.320 e. The fourth-order valence-corrected chi connectivity index (χ4v) is 2.91. The molecule has 0 saturated carbocycles. The Labute approximate surface area is 118 Å². The minimum Gasteiger partial charge on any atom is -0.481 e. The Hall–Kier alpha value is -1.34. The molecule has 2 heterocycles.